The third-order valence-electron chi connectivity index (χ3n) is 6.17. The van der Waals surface area contributed by atoms with Gasteiger partial charge >= 0.3 is 0 Å². The normalized spacial score (nSPS) is 16.1. The van der Waals surface area contributed by atoms with Crippen molar-refractivity contribution in [1.82, 2.24) is 24.3 Å². The second-order valence-electron chi connectivity index (χ2n) is 8.52. The van der Waals surface area contributed by atoms with E-state index in [1.54, 1.807) is 30.9 Å². The zero-order valence-electron chi connectivity index (χ0n) is 19.7. The second kappa shape index (κ2) is 9.50. The quantitative estimate of drug-likeness (QED) is 0.761. The van der Waals surface area contributed by atoms with Crippen LogP contribution in [0.5, 0.6) is 0 Å². The lowest BCUT2D eigenvalue weighted by Crippen LogP contribution is -2.42. The van der Waals surface area contributed by atoms with E-state index in [1.807, 2.05) is 26.0 Å². The maximum absolute atomic E-state index is 13.3. The van der Waals surface area contributed by atoms with Crippen LogP contribution >= 0.6 is 0 Å². The number of aromatic nitrogens is 3. The van der Waals surface area contributed by atoms with Crippen LogP contribution in [0.1, 0.15) is 58.8 Å². The Morgan fingerprint density at radius 3 is 2.62 bits per heavy atom. The van der Waals surface area contributed by atoms with Gasteiger partial charge in [-0.1, -0.05) is 0 Å². The van der Waals surface area contributed by atoms with Crippen molar-refractivity contribution in [2.45, 2.75) is 46.1 Å². The van der Waals surface area contributed by atoms with Crippen LogP contribution < -0.4 is 10.9 Å². The predicted octanol–water partition coefficient (Wildman–Crippen LogP) is 1.83. The Labute approximate surface area is 188 Å². The van der Waals surface area contributed by atoms with Crippen LogP contribution in [-0.4, -0.2) is 63.3 Å². The third-order valence-corrected chi connectivity index (χ3v) is 6.17. The molecule has 1 aliphatic rings. The summed E-state index contributed by atoms with van der Waals surface area (Å²) in [6.45, 7) is 6.57. The predicted molar refractivity (Wildman–Crippen MR) is 123 cm³/mol. The van der Waals surface area contributed by atoms with Gasteiger partial charge in [0, 0.05) is 58.8 Å². The number of carbonyl (C=O) groups is 2. The average molecular weight is 441 g/mol. The molecule has 9 nitrogen and oxygen atoms in total. The average Bonchev–Trinajstić information content (AvgIpc) is 2.77. The van der Waals surface area contributed by atoms with Crippen LogP contribution in [0, 0.1) is 13.8 Å². The standard InChI is InChI=1S/C23H32N6O3/c1-14-10-15(2)28(6)22(31)21(14)23(32)29-9-7-8-17(12-29)18-11-19(24-4)26-20(25-18)13-27(5)16(3)30/h10-11,17H,7-9,12-13H2,1-6H3,(H,24,25,26)/t17-/m1/s1. The van der Waals surface area contributed by atoms with Gasteiger partial charge in [0.25, 0.3) is 11.5 Å². The number of anilines is 1. The monoisotopic (exact) mass is 440 g/mol. The second-order valence-corrected chi connectivity index (χ2v) is 8.52. The van der Waals surface area contributed by atoms with E-state index in [0.29, 0.717) is 36.8 Å². The molecule has 1 atom stereocenters. The molecular weight excluding hydrogens is 408 g/mol. The molecule has 1 fully saturated rings. The molecule has 3 rings (SSSR count). The molecule has 32 heavy (non-hydrogen) atoms. The third kappa shape index (κ3) is 4.81. The molecule has 2 amide bonds. The summed E-state index contributed by atoms with van der Waals surface area (Å²) in [5.74, 6) is 0.963. The van der Waals surface area contributed by atoms with Gasteiger partial charge < -0.3 is 19.7 Å². The van der Waals surface area contributed by atoms with Gasteiger partial charge in [0.05, 0.1) is 12.2 Å². The number of nitrogens with one attached hydrogen (secondary N) is 1. The molecule has 0 spiro atoms. The summed E-state index contributed by atoms with van der Waals surface area (Å²) in [5, 5.41) is 3.06. The molecule has 0 bridgehead atoms. The number of likely N-dealkylation sites (tertiary alicyclic amines) is 1. The largest absolute Gasteiger partial charge is 0.373 e. The van der Waals surface area contributed by atoms with Crippen molar-refractivity contribution >= 4 is 17.6 Å². The fourth-order valence-corrected chi connectivity index (χ4v) is 4.05. The highest BCUT2D eigenvalue weighted by atomic mass is 16.2. The summed E-state index contributed by atoms with van der Waals surface area (Å²) in [4.78, 5) is 50.2. The summed E-state index contributed by atoms with van der Waals surface area (Å²) in [7, 11) is 5.19. The van der Waals surface area contributed by atoms with Gasteiger partial charge in [-0.15, -0.1) is 0 Å². The molecule has 0 unspecified atom stereocenters. The summed E-state index contributed by atoms with van der Waals surface area (Å²) in [6, 6.07) is 3.77. The first-order valence-electron chi connectivity index (χ1n) is 10.9. The van der Waals surface area contributed by atoms with Crippen molar-refractivity contribution < 1.29 is 9.59 Å². The molecule has 2 aromatic heterocycles. The molecule has 0 radical (unpaired) electrons. The molecule has 0 aromatic carbocycles. The van der Waals surface area contributed by atoms with Crippen LogP contribution in [0.2, 0.25) is 0 Å². The Bertz CT molecular complexity index is 1090. The lowest BCUT2D eigenvalue weighted by molar-refractivity contribution is -0.128. The van der Waals surface area contributed by atoms with Crippen molar-refractivity contribution in [2.24, 2.45) is 7.05 Å². The highest BCUT2D eigenvalue weighted by Gasteiger charge is 2.29. The van der Waals surface area contributed by atoms with Crippen LogP contribution in [0.15, 0.2) is 16.9 Å². The van der Waals surface area contributed by atoms with Crippen molar-refractivity contribution in [1.29, 1.82) is 0 Å². The van der Waals surface area contributed by atoms with E-state index in [9.17, 15) is 14.4 Å². The molecular formula is C23H32N6O3. The summed E-state index contributed by atoms with van der Waals surface area (Å²) in [5.41, 5.74) is 2.34. The first-order valence-corrected chi connectivity index (χ1v) is 10.9. The van der Waals surface area contributed by atoms with E-state index in [-0.39, 0.29) is 28.9 Å². The van der Waals surface area contributed by atoms with Crippen LogP contribution in [-0.2, 0) is 18.4 Å². The van der Waals surface area contributed by atoms with Crippen molar-refractivity contribution in [2.75, 3.05) is 32.5 Å². The summed E-state index contributed by atoms with van der Waals surface area (Å²) in [6.07, 6.45) is 1.71. The Hall–Kier alpha value is -3.23. The number of piperidine rings is 1. The minimum Gasteiger partial charge on any atom is -0.373 e. The van der Waals surface area contributed by atoms with Crippen molar-refractivity contribution in [3.63, 3.8) is 0 Å². The van der Waals surface area contributed by atoms with Gasteiger partial charge in [0.1, 0.15) is 17.2 Å². The molecule has 1 aliphatic heterocycles. The number of aryl methyl sites for hydroxylation is 2. The fourth-order valence-electron chi connectivity index (χ4n) is 4.05. The van der Waals surface area contributed by atoms with Crippen molar-refractivity contribution in [3.8, 4) is 0 Å². The molecule has 172 valence electrons. The van der Waals surface area contributed by atoms with Gasteiger partial charge in [0.2, 0.25) is 5.91 Å². The lowest BCUT2D eigenvalue weighted by atomic mass is 9.93. The summed E-state index contributed by atoms with van der Waals surface area (Å²) >= 11 is 0. The smallest absolute Gasteiger partial charge is 0.263 e. The van der Waals surface area contributed by atoms with Gasteiger partial charge in [-0.25, -0.2) is 9.97 Å². The molecule has 3 heterocycles. The number of hydrogen-bond acceptors (Lipinski definition) is 6. The molecule has 0 saturated carbocycles. The van der Waals surface area contributed by atoms with Crippen LogP contribution in [0.4, 0.5) is 5.82 Å². The lowest BCUT2D eigenvalue weighted by Gasteiger charge is -2.33. The number of pyridine rings is 1. The number of carbonyl (C=O) groups excluding carboxylic acids is 2. The van der Waals surface area contributed by atoms with Gasteiger partial charge in [-0.3, -0.25) is 14.4 Å². The highest BCUT2D eigenvalue weighted by Crippen LogP contribution is 2.28. The number of nitrogens with zero attached hydrogens (tertiary/aromatic N) is 5. The van der Waals surface area contributed by atoms with E-state index < -0.39 is 0 Å². The Balaban J connectivity index is 1.88. The topological polar surface area (TPSA) is 100 Å². The first-order chi connectivity index (χ1) is 15.1. The van der Waals surface area contributed by atoms with E-state index in [1.165, 1.54) is 11.5 Å². The zero-order chi connectivity index (χ0) is 23.6. The van der Waals surface area contributed by atoms with E-state index in [2.05, 4.69) is 10.3 Å². The van der Waals surface area contributed by atoms with Gasteiger partial charge in [0.15, 0.2) is 0 Å². The van der Waals surface area contributed by atoms with Gasteiger partial charge in [-0.05, 0) is 38.3 Å². The minimum atomic E-state index is -0.260. The number of amides is 2. The number of rotatable bonds is 5. The van der Waals surface area contributed by atoms with Crippen LogP contribution in [0.25, 0.3) is 0 Å². The van der Waals surface area contributed by atoms with Crippen LogP contribution in [0.3, 0.4) is 0 Å². The Morgan fingerprint density at radius 2 is 1.97 bits per heavy atom. The van der Waals surface area contributed by atoms with E-state index in [4.69, 9.17) is 4.98 Å². The molecule has 1 saturated heterocycles. The molecule has 0 aliphatic carbocycles. The van der Waals surface area contributed by atoms with E-state index in [0.717, 1.165) is 24.2 Å². The van der Waals surface area contributed by atoms with Crippen molar-refractivity contribution in [3.05, 3.63) is 50.8 Å². The van der Waals surface area contributed by atoms with E-state index >= 15 is 0 Å². The molecule has 2 aromatic rings. The molecule has 1 N–H and O–H groups in total. The fraction of sp³-hybridized carbons (Fsp3) is 0.522. The maximum Gasteiger partial charge on any atom is 0.263 e. The summed E-state index contributed by atoms with van der Waals surface area (Å²) < 4.78 is 1.52. The SMILES string of the molecule is CNc1cc([C@@H]2CCCN(C(=O)c3c(C)cc(C)n(C)c3=O)C2)nc(CN(C)C(C)=O)n1. The molecule has 9 heteroatoms. The highest BCUT2D eigenvalue weighted by molar-refractivity contribution is 5.95. The Kier molecular flexibility index (Phi) is 6.96. The number of hydrogen-bond donors (Lipinski definition) is 1. The van der Waals surface area contributed by atoms with Gasteiger partial charge in [-0.2, -0.15) is 0 Å². The minimum absolute atomic E-state index is 0.0267. The maximum atomic E-state index is 13.3. The first kappa shape index (κ1) is 23.4. The zero-order valence-corrected chi connectivity index (χ0v) is 19.7. The Morgan fingerprint density at radius 1 is 1.25 bits per heavy atom.